The smallest absolute Gasteiger partial charge is 0.242 e. The molecule has 1 aromatic rings. The van der Waals surface area contributed by atoms with E-state index in [1.54, 1.807) is 0 Å². The zero-order valence-electron chi connectivity index (χ0n) is 12.9. The lowest BCUT2D eigenvalue weighted by Gasteiger charge is -2.23. The fraction of sp³-hybridized carbons (Fsp3) is 0.643. The highest BCUT2D eigenvalue weighted by Crippen LogP contribution is 2.12. The largest absolute Gasteiger partial charge is 0.370 e. The van der Waals surface area contributed by atoms with E-state index in [1.807, 2.05) is 36.8 Å². The summed E-state index contributed by atoms with van der Waals surface area (Å²) in [6.45, 7) is 8.73. The number of nitrogens with zero attached hydrogens (tertiary/aromatic N) is 4. The summed E-state index contributed by atoms with van der Waals surface area (Å²) in [6, 6.07) is 1.87. The van der Waals surface area contributed by atoms with Crippen LogP contribution in [-0.2, 0) is 4.79 Å². The molecule has 0 bridgehead atoms. The van der Waals surface area contributed by atoms with Crippen LogP contribution in [-0.4, -0.2) is 54.0 Å². The van der Waals surface area contributed by atoms with Crippen LogP contribution in [0, 0.1) is 0 Å². The molecule has 0 atom stereocenters. The van der Waals surface area contributed by atoms with Gasteiger partial charge in [0, 0.05) is 32.7 Å². The van der Waals surface area contributed by atoms with Crippen molar-refractivity contribution in [3.05, 3.63) is 12.4 Å². The van der Waals surface area contributed by atoms with Crippen LogP contribution < -0.4 is 10.2 Å². The summed E-state index contributed by atoms with van der Waals surface area (Å²) in [5, 5.41) is 3.21. The molecule has 1 aromatic heterocycles. The predicted molar refractivity (Wildman–Crippen MR) is 82.0 cm³/mol. The van der Waals surface area contributed by atoms with Gasteiger partial charge in [0.05, 0.1) is 6.54 Å². The lowest BCUT2D eigenvalue weighted by atomic mass is 10.4. The van der Waals surface area contributed by atoms with Gasteiger partial charge in [0.1, 0.15) is 18.0 Å². The van der Waals surface area contributed by atoms with Crippen molar-refractivity contribution >= 4 is 17.5 Å². The van der Waals surface area contributed by atoms with Gasteiger partial charge in [0.2, 0.25) is 5.91 Å². The minimum absolute atomic E-state index is 0.110. The SMILES string of the molecule is CCCNc1cc(N(C)CC(=O)N(CC)CC)ncn1. The van der Waals surface area contributed by atoms with Crippen LogP contribution in [0.15, 0.2) is 12.4 Å². The van der Waals surface area contributed by atoms with Gasteiger partial charge in [-0.1, -0.05) is 6.92 Å². The second kappa shape index (κ2) is 8.35. The van der Waals surface area contributed by atoms with E-state index in [-0.39, 0.29) is 5.91 Å². The van der Waals surface area contributed by atoms with Crippen LogP contribution in [0.4, 0.5) is 11.6 Å². The molecule has 0 fully saturated rings. The zero-order chi connectivity index (χ0) is 15.0. The minimum atomic E-state index is 0.110. The molecular weight excluding hydrogens is 254 g/mol. The van der Waals surface area contributed by atoms with Gasteiger partial charge in [-0.15, -0.1) is 0 Å². The van der Waals surface area contributed by atoms with Gasteiger partial charge in [-0.2, -0.15) is 0 Å². The molecule has 0 saturated carbocycles. The molecular formula is C14H25N5O. The monoisotopic (exact) mass is 279 g/mol. The zero-order valence-corrected chi connectivity index (χ0v) is 12.9. The molecule has 1 N–H and O–H groups in total. The first-order chi connectivity index (χ1) is 9.62. The summed E-state index contributed by atoms with van der Waals surface area (Å²) < 4.78 is 0. The first-order valence-corrected chi connectivity index (χ1v) is 7.17. The predicted octanol–water partition coefficient (Wildman–Crippen LogP) is 1.60. The highest BCUT2D eigenvalue weighted by Gasteiger charge is 2.13. The molecule has 0 saturated heterocycles. The second-order valence-corrected chi connectivity index (χ2v) is 4.61. The molecule has 1 amide bonds. The number of hydrogen-bond donors (Lipinski definition) is 1. The normalized spacial score (nSPS) is 10.2. The van der Waals surface area contributed by atoms with E-state index < -0.39 is 0 Å². The van der Waals surface area contributed by atoms with E-state index in [4.69, 9.17) is 0 Å². The van der Waals surface area contributed by atoms with Gasteiger partial charge < -0.3 is 15.1 Å². The van der Waals surface area contributed by atoms with Gasteiger partial charge in [-0.05, 0) is 20.3 Å². The molecule has 0 radical (unpaired) electrons. The maximum Gasteiger partial charge on any atom is 0.242 e. The highest BCUT2D eigenvalue weighted by molar-refractivity contribution is 5.81. The molecule has 112 valence electrons. The van der Waals surface area contributed by atoms with E-state index in [0.29, 0.717) is 6.54 Å². The number of rotatable bonds is 8. The molecule has 0 aliphatic rings. The number of carbonyl (C=O) groups is 1. The molecule has 0 unspecified atom stereocenters. The molecule has 20 heavy (non-hydrogen) atoms. The Balaban J connectivity index is 2.67. The number of amides is 1. The first-order valence-electron chi connectivity index (χ1n) is 7.17. The van der Waals surface area contributed by atoms with Crippen LogP contribution in [0.2, 0.25) is 0 Å². The number of anilines is 2. The summed E-state index contributed by atoms with van der Waals surface area (Å²) in [5.41, 5.74) is 0. The first kappa shape index (κ1) is 16.2. The van der Waals surface area contributed by atoms with Gasteiger partial charge in [0.25, 0.3) is 0 Å². The van der Waals surface area contributed by atoms with E-state index in [2.05, 4.69) is 22.2 Å². The van der Waals surface area contributed by atoms with Crippen LogP contribution >= 0.6 is 0 Å². The Bertz CT molecular complexity index is 420. The van der Waals surface area contributed by atoms with Crippen molar-refractivity contribution < 1.29 is 4.79 Å². The Morgan fingerprint density at radius 3 is 2.55 bits per heavy atom. The molecule has 6 nitrogen and oxygen atoms in total. The van der Waals surface area contributed by atoms with Crippen LogP contribution in [0.3, 0.4) is 0 Å². The third kappa shape index (κ3) is 4.68. The van der Waals surface area contributed by atoms with Crippen molar-refractivity contribution in [1.82, 2.24) is 14.9 Å². The molecule has 0 aromatic carbocycles. The summed E-state index contributed by atoms with van der Waals surface area (Å²) in [4.78, 5) is 24.1. The van der Waals surface area contributed by atoms with Crippen molar-refractivity contribution in [2.24, 2.45) is 0 Å². The molecule has 6 heteroatoms. The number of hydrogen-bond acceptors (Lipinski definition) is 5. The Morgan fingerprint density at radius 2 is 1.95 bits per heavy atom. The Kier molecular flexibility index (Phi) is 6.76. The van der Waals surface area contributed by atoms with E-state index in [1.165, 1.54) is 6.33 Å². The van der Waals surface area contributed by atoms with Gasteiger partial charge in [0.15, 0.2) is 0 Å². The Hall–Kier alpha value is -1.85. The maximum atomic E-state index is 12.1. The lowest BCUT2D eigenvalue weighted by Crippen LogP contribution is -2.39. The standard InChI is InChI=1S/C14H25N5O/c1-5-8-15-12-9-13(17-11-16-12)18(4)10-14(20)19(6-2)7-3/h9,11H,5-8,10H2,1-4H3,(H,15,16,17). The second-order valence-electron chi connectivity index (χ2n) is 4.61. The number of carbonyl (C=O) groups excluding carboxylic acids is 1. The van der Waals surface area contributed by atoms with E-state index in [0.717, 1.165) is 37.7 Å². The lowest BCUT2D eigenvalue weighted by molar-refractivity contribution is -0.129. The fourth-order valence-corrected chi connectivity index (χ4v) is 1.87. The summed E-state index contributed by atoms with van der Waals surface area (Å²) >= 11 is 0. The summed E-state index contributed by atoms with van der Waals surface area (Å²) in [6.07, 6.45) is 2.56. The quantitative estimate of drug-likeness (QED) is 0.783. The Morgan fingerprint density at radius 1 is 1.25 bits per heavy atom. The fourth-order valence-electron chi connectivity index (χ4n) is 1.87. The van der Waals surface area contributed by atoms with Crippen LogP contribution in [0.5, 0.6) is 0 Å². The average molecular weight is 279 g/mol. The number of aromatic nitrogens is 2. The van der Waals surface area contributed by atoms with Gasteiger partial charge in [-0.25, -0.2) is 9.97 Å². The van der Waals surface area contributed by atoms with Crippen molar-refractivity contribution in [3.63, 3.8) is 0 Å². The van der Waals surface area contributed by atoms with E-state index in [9.17, 15) is 4.79 Å². The van der Waals surface area contributed by atoms with Crippen LogP contribution in [0.25, 0.3) is 0 Å². The number of nitrogens with one attached hydrogen (secondary N) is 1. The van der Waals surface area contributed by atoms with Gasteiger partial charge >= 0.3 is 0 Å². The third-order valence-corrected chi connectivity index (χ3v) is 3.09. The highest BCUT2D eigenvalue weighted by atomic mass is 16.2. The summed E-state index contributed by atoms with van der Waals surface area (Å²) in [7, 11) is 1.87. The molecule has 0 aliphatic heterocycles. The topological polar surface area (TPSA) is 61.4 Å². The molecule has 1 heterocycles. The van der Waals surface area contributed by atoms with Gasteiger partial charge in [-0.3, -0.25) is 4.79 Å². The van der Waals surface area contributed by atoms with Crippen molar-refractivity contribution in [2.45, 2.75) is 27.2 Å². The Labute approximate surface area is 121 Å². The van der Waals surface area contributed by atoms with Crippen LogP contribution in [0.1, 0.15) is 27.2 Å². The van der Waals surface area contributed by atoms with Crippen molar-refractivity contribution in [1.29, 1.82) is 0 Å². The van der Waals surface area contributed by atoms with E-state index >= 15 is 0 Å². The van der Waals surface area contributed by atoms with Crippen molar-refractivity contribution in [3.8, 4) is 0 Å². The minimum Gasteiger partial charge on any atom is -0.370 e. The maximum absolute atomic E-state index is 12.1. The molecule has 1 rings (SSSR count). The average Bonchev–Trinajstić information content (AvgIpc) is 2.46. The van der Waals surface area contributed by atoms with Crippen molar-refractivity contribution in [2.75, 3.05) is 43.4 Å². The summed E-state index contributed by atoms with van der Waals surface area (Å²) in [5.74, 6) is 1.65. The number of likely N-dealkylation sites (N-methyl/N-ethyl adjacent to an activating group) is 2. The molecule has 0 aliphatic carbocycles. The third-order valence-electron chi connectivity index (χ3n) is 3.09. The molecule has 0 spiro atoms.